The number of carbonyl (C=O) groups is 2. The molecule has 2 amide bonds. The first-order valence-corrected chi connectivity index (χ1v) is 11.2. The van der Waals surface area contributed by atoms with Gasteiger partial charge in [0.1, 0.15) is 5.69 Å². The molecule has 0 aliphatic carbocycles. The summed E-state index contributed by atoms with van der Waals surface area (Å²) in [5.41, 5.74) is 7.47. The van der Waals surface area contributed by atoms with E-state index in [2.05, 4.69) is 27.5 Å². The molecular weight excluding hydrogens is 426 g/mol. The molecule has 0 atom stereocenters. The van der Waals surface area contributed by atoms with Gasteiger partial charge in [-0.25, -0.2) is 4.98 Å². The van der Waals surface area contributed by atoms with Crippen molar-refractivity contribution in [3.63, 3.8) is 0 Å². The molecule has 0 saturated heterocycles. The van der Waals surface area contributed by atoms with Crippen LogP contribution < -0.4 is 21.9 Å². The standard InChI is InChI=1S/C23H25N5O3S/c1-2-3-7-15-10-12-17(13-11-15)25-18(29)14-32-23-27-20(24)19(22(31)28-23)26-21(30)16-8-5-4-6-9-16/h4-6,8-13H,2-3,7,14H2,1H3,(H,25,29)(H,26,30)(H3,24,27,28,31). The van der Waals surface area contributed by atoms with E-state index in [0.29, 0.717) is 11.3 Å². The fourth-order valence-electron chi connectivity index (χ4n) is 2.90. The maximum absolute atomic E-state index is 12.4. The molecule has 0 spiro atoms. The number of aromatic nitrogens is 2. The van der Waals surface area contributed by atoms with Crippen LogP contribution in [-0.2, 0) is 11.2 Å². The number of hydrogen-bond donors (Lipinski definition) is 4. The summed E-state index contributed by atoms with van der Waals surface area (Å²) in [6.07, 6.45) is 3.28. The van der Waals surface area contributed by atoms with Gasteiger partial charge in [0, 0.05) is 11.3 Å². The van der Waals surface area contributed by atoms with E-state index in [1.54, 1.807) is 30.3 Å². The average molecular weight is 452 g/mol. The largest absolute Gasteiger partial charge is 0.382 e. The molecule has 1 heterocycles. The van der Waals surface area contributed by atoms with Gasteiger partial charge in [0.25, 0.3) is 11.5 Å². The number of anilines is 3. The lowest BCUT2D eigenvalue weighted by atomic mass is 10.1. The Labute approximate surface area is 190 Å². The van der Waals surface area contributed by atoms with Crippen LogP contribution >= 0.6 is 11.8 Å². The summed E-state index contributed by atoms with van der Waals surface area (Å²) in [4.78, 5) is 43.5. The number of aryl methyl sites for hydroxylation is 1. The lowest BCUT2D eigenvalue weighted by Gasteiger charge is -2.09. The van der Waals surface area contributed by atoms with Crippen LogP contribution in [0.4, 0.5) is 17.2 Å². The second kappa shape index (κ2) is 11.1. The van der Waals surface area contributed by atoms with Crippen LogP contribution in [-0.4, -0.2) is 27.5 Å². The molecule has 0 fully saturated rings. The number of aromatic amines is 1. The van der Waals surface area contributed by atoms with Gasteiger partial charge in [-0.1, -0.05) is 55.4 Å². The van der Waals surface area contributed by atoms with Crippen molar-refractivity contribution in [1.29, 1.82) is 0 Å². The molecule has 3 aromatic rings. The Morgan fingerprint density at radius 1 is 1.06 bits per heavy atom. The highest BCUT2D eigenvalue weighted by Gasteiger charge is 2.14. The number of amides is 2. The van der Waals surface area contributed by atoms with Gasteiger partial charge in [-0.05, 0) is 42.7 Å². The second-order valence-corrected chi connectivity index (χ2v) is 8.05. The number of carbonyl (C=O) groups excluding carboxylic acids is 2. The van der Waals surface area contributed by atoms with Crippen molar-refractivity contribution in [2.24, 2.45) is 0 Å². The summed E-state index contributed by atoms with van der Waals surface area (Å²) in [5.74, 6) is -0.789. The minimum atomic E-state index is -0.590. The van der Waals surface area contributed by atoms with Crippen LogP contribution in [0.5, 0.6) is 0 Å². The number of unbranched alkanes of at least 4 members (excludes halogenated alkanes) is 1. The van der Waals surface area contributed by atoms with Crippen molar-refractivity contribution < 1.29 is 9.59 Å². The van der Waals surface area contributed by atoms with E-state index in [-0.39, 0.29) is 28.3 Å². The lowest BCUT2D eigenvalue weighted by molar-refractivity contribution is -0.113. The van der Waals surface area contributed by atoms with E-state index >= 15 is 0 Å². The molecule has 9 heteroatoms. The number of nitrogens with zero attached hydrogens (tertiary/aromatic N) is 1. The Hall–Kier alpha value is -3.59. The minimum absolute atomic E-state index is 0.0374. The first kappa shape index (κ1) is 23.1. The van der Waals surface area contributed by atoms with E-state index < -0.39 is 11.5 Å². The highest BCUT2D eigenvalue weighted by Crippen LogP contribution is 2.18. The molecule has 0 bridgehead atoms. The Balaban J connectivity index is 1.56. The van der Waals surface area contributed by atoms with Crippen molar-refractivity contribution in [2.45, 2.75) is 31.3 Å². The van der Waals surface area contributed by atoms with Crippen molar-refractivity contribution in [2.75, 3.05) is 22.1 Å². The number of nitrogens with one attached hydrogen (secondary N) is 3. The normalized spacial score (nSPS) is 10.5. The molecule has 1 aromatic heterocycles. The maximum Gasteiger partial charge on any atom is 0.277 e. The summed E-state index contributed by atoms with van der Waals surface area (Å²) in [6.45, 7) is 2.15. The SMILES string of the molecule is CCCCc1ccc(NC(=O)CSc2nc(N)c(NC(=O)c3ccccc3)c(=O)[nH]2)cc1. The van der Waals surface area contributed by atoms with Gasteiger partial charge in [-0.3, -0.25) is 19.4 Å². The van der Waals surface area contributed by atoms with Crippen molar-refractivity contribution in [1.82, 2.24) is 9.97 Å². The lowest BCUT2D eigenvalue weighted by Crippen LogP contribution is -2.23. The number of benzene rings is 2. The highest BCUT2D eigenvalue weighted by atomic mass is 32.2. The molecule has 0 aliphatic rings. The molecule has 0 aliphatic heterocycles. The van der Waals surface area contributed by atoms with Crippen LogP contribution in [0, 0.1) is 0 Å². The Bertz CT molecular complexity index is 1130. The molecule has 2 aromatic carbocycles. The third-order valence-electron chi connectivity index (χ3n) is 4.60. The van der Waals surface area contributed by atoms with E-state index in [1.807, 2.05) is 24.3 Å². The molecule has 166 valence electrons. The molecule has 5 N–H and O–H groups in total. The topological polar surface area (TPSA) is 130 Å². The summed E-state index contributed by atoms with van der Waals surface area (Å²) in [5, 5.41) is 5.48. The summed E-state index contributed by atoms with van der Waals surface area (Å²) < 4.78 is 0. The van der Waals surface area contributed by atoms with Gasteiger partial charge >= 0.3 is 0 Å². The highest BCUT2D eigenvalue weighted by molar-refractivity contribution is 7.99. The molecule has 3 rings (SSSR count). The summed E-state index contributed by atoms with van der Waals surface area (Å²) >= 11 is 1.04. The van der Waals surface area contributed by atoms with Crippen LogP contribution in [0.3, 0.4) is 0 Å². The van der Waals surface area contributed by atoms with Gasteiger partial charge in [-0.15, -0.1) is 0 Å². The fraction of sp³-hybridized carbons (Fsp3) is 0.217. The van der Waals surface area contributed by atoms with Crippen molar-refractivity contribution in [3.05, 3.63) is 76.1 Å². The van der Waals surface area contributed by atoms with Crippen molar-refractivity contribution >= 4 is 40.8 Å². The zero-order chi connectivity index (χ0) is 22.9. The van der Waals surface area contributed by atoms with E-state index in [1.165, 1.54) is 5.56 Å². The summed E-state index contributed by atoms with van der Waals surface area (Å²) in [7, 11) is 0. The third kappa shape index (κ3) is 6.45. The maximum atomic E-state index is 12.4. The first-order chi connectivity index (χ1) is 15.5. The number of thioether (sulfide) groups is 1. The Morgan fingerprint density at radius 2 is 1.78 bits per heavy atom. The van der Waals surface area contributed by atoms with Gasteiger partial charge < -0.3 is 16.4 Å². The van der Waals surface area contributed by atoms with Gasteiger partial charge in [-0.2, -0.15) is 0 Å². The minimum Gasteiger partial charge on any atom is -0.382 e. The molecule has 0 saturated carbocycles. The Morgan fingerprint density at radius 3 is 2.44 bits per heavy atom. The molecular formula is C23H25N5O3S. The second-order valence-electron chi connectivity index (χ2n) is 7.09. The van der Waals surface area contributed by atoms with E-state index in [0.717, 1.165) is 31.0 Å². The monoisotopic (exact) mass is 451 g/mol. The molecule has 0 unspecified atom stereocenters. The fourth-order valence-corrected chi connectivity index (χ4v) is 3.57. The van der Waals surface area contributed by atoms with E-state index in [4.69, 9.17) is 5.73 Å². The number of hydrogen-bond acceptors (Lipinski definition) is 6. The number of H-pyrrole nitrogens is 1. The summed E-state index contributed by atoms with van der Waals surface area (Å²) in [6, 6.07) is 16.2. The van der Waals surface area contributed by atoms with Gasteiger partial charge in [0.2, 0.25) is 5.91 Å². The molecule has 32 heavy (non-hydrogen) atoms. The zero-order valence-corrected chi connectivity index (χ0v) is 18.5. The van der Waals surface area contributed by atoms with Crippen LogP contribution in [0.1, 0.15) is 35.7 Å². The molecule has 8 nitrogen and oxygen atoms in total. The zero-order valence-electron chi connectivity index (χ0n) is 17.7. The number of nitrogens with two attached hydrogens (primary N) is 1. The predicted octanol–water partition coefficient (Wildman–Crippen LogP) is 3.68. The first-order valence-electron chi connectivity index (χ1n) is 10.2. The van der Waals surface area contributed by atoms with Crippen molar-refractivity contribution in [3.8, 4) is 0 Å². The average Bonchev–Trinajstić information content (AvgIpc) is 2.80. The quantitative estimate of drug-likeness (QED) is 0.290. The van der Waals surface area contributed by atoms with Crippen LogP contribution in [0.25, 0.3) is 0 Å². The van der Waals surface area contributed by atoms with Gasteiger partial charge in [0.05, 0.1) is 5.75 Å². The smallest absolute Gasteiger partial charge is 0.277 e. The Kier molecular flexibility index (Phi) is 8.04. The number of rotatable bonds is 9. The van der Waals surface area contributed by atoms with Crippen LogP contribution in [0.15, 0.2) is 64.5 Å². The van der Waals surface area contributed by atoms with Gasteiger partial charge in [0.15, 0.2) is 11.0 Å². The molecule has 0 radical (unpaired) electrons. The predicted molar refractivity (Wildman–Crippen MR) is 128 cm³/mol. The van der Waals surface area contributed by atoms with Crippen LogP contribution in [0.2, 0.25) is 0 Å². The third-order valence-corrected chi connectivity index (χ3v) is 5.47. The van der Waals surface area contributed by atoms with E-state index in [9.17, 15) is 14.4 Å². The number of nitrogen functional groups attached to an aromatic ring is 1.